The Morgan fingerprint density at radius 3 is 2.19 bits per heavy atom. The second-order valence-electron chi connectivity index (χ2n) is 18.3. The third-order valence-corrected chi connectivity index (χ3v) is 13.2. The molecule has 2 aliphatic carbocycles. The summed E-state index contributed by atoms with van der Waals surface area (Å²) in [5, 5.41) is 66.6. The Morgan fingerprint density at radius 1 is 0.838 bits per heavy atom. The molecule has 22 nitrogen and oxygen atoms in total. The van der Waals surface area contributed by atoms with Gasteiger partial charge in [0.15, 0.2) is 17.9 Å². The number of rotatable bonds is 19. The molecule has 1 heterocycles. The monoisotopic (exact) mass is 1030 g/mol. The van der Waals surface area contributed by atoms with Crippen LogP contribution in [0, 0.1) is 0 Å². The number of alkyl carbamates (subject to hydrolysis) is 2. The fraction of sp³-hybridized carbons (Fsp3) is 0.404. The number of ketones is 3. The molecule has 4 aromatic rings. The minimum atomic E-state index is -2.40. The van der Waals surface area contributed by atoms with Gasteiger partial charge in [-0.25, -0.2) is 9.59 Å². The van der Waals surface area contributed by atoms with Crippen molar-refractivity contribution in [2.24, 2.45) is 5.73 Å². The van der Waals surface area contributed by atoms with Crippen molar-refractivity contribution in [1.82, 2.24) is 16.0 Å². The summed E-state index contributed by atoms with van der Waals surface area (Å²) in [4.78, 5) is 93.0. The van der Waals surface area contributed by atoms with Crippen molar-refractivity contribution in [3.05, 3.63) is 117 Å². The van der Waals surface area contributed by atoms with Gasteiger partial charge in [0.05, 0.1) is 42.0 Å². The van der Waals surface area contributed by atoms with Crippen LogP contribution in [0.25, 0.3) is 0 Å². The van der Waals surface area contributed by atoms with E-state index in [0.717, 1.165) is 5.56 Å². The van der Waals surface area contributed by atoms with Crippen LogP contribution in [0.2, 0.25) is 0 Å². The Labute approximate surface area is 424 Å². The Bertz CT molecular complexity index is 2770. The van der Waals surface area contributed by atoms with Crippen LogP contribution >= 0.6 is 0 Å². The molecule has 4 unspecified atom stereocenters. The number of carbonyl (C=O) groups is 7. The number of fused-ring (bicyclic) bond motifs is 3. The highest BCUT2D eigenvalue weighted by Gasteiger charge is 2.50. The predicted molar refractivity (Wildman–Crippen MR) is 260 cm³/mol. The van der Waals surface area contributed by atoms with Crippen LogP contribution in [0.15, 0.2) is 72.8 Å². The number of ether oxygens (including phenoxy) is 5. The Kier molecular flexibility index (Phi) is 17.3. The van der Waals surface area contributed by atoms with Crippen LogP contribution in [0.1, 0.15) is 106 Å². The van der Waals surface area contributed by atoms with Crippen molar-refractivity contribution >= 4 is 47.0 Å². The summed E-state index contributed by atoms with van der Waals surface area (Å²) < 4.78 is 28.2. The number of unbranched alkanes of at least 4 members (excludes halogenated alkanes) is 1. The fourth-order valence-electron chi connectivity index (χ4n) is 9.18. The number of methoxy groups -OCH3 is 1. The Hall–Kier alpha value is -7.47. The van der Waals surface area contributed by atoms with Gasteiger partial charge in [0.25, 0.3) is 0 Å². The highest BCUT2D eigenvalue weighted by atomic mass is 16.7. The third kappa shape index (κ3) is 12.0. The molecule has 3 aliphatic rings. The smallest absolute Gasteiger partial charge is 0.408 e. The third-order valence-electron chi connectivity index (χ3n) is 13.2. The maximum atomic E-state index is 14.0. The molecule has 0 radical (unpaired) electrons. The lowest BCUT2D eigenvalue weighted by Crippen LogP contribution is -2.56. The molecule has 0 spiro atoms. The molecule has 11 N–H and O–H groups in total. The van der Waals surface area contributed by atoms with E-state index >= 15 is 0 Å². The molecule has 22 heteroatoms. The van der Waals surface area contributed by atoms with Gasteiger partial charge in [-0.3, -0.25) is 24.0 Å². The lowest BCUT2D eigenvalue weighted by atomic mass is 9.72. The highest BCUT2D eigenvalue weighted by molar-refractivity contribution is 6.31. The van der Waals surface area contributed by atoms with Crippen LogP contribution in [0.3, 0.4) is 0 Å². The number of phenols is 2. The molecule has 394 valence electrons. The van der Waals surface area contributed by atoms with Gasteiger partial charge < -0.3 is 76.2 Å². The number of hydrogen-bond acceptors (Lipinski definition) is 18. The van der Waals surface area contributed by atoms with Gasteiger partial charge in [-0.1, -0.05) is 54.6 Å². The van der Waals surface area contributed by atoms with Crippen molar-refractivity contribution < 1.29 is 82.8 Å². The number of aromatic hydroxyl groups is 2. The number of aliphatic hydroxyl groups is 3. The number of carbonyl (C=O) groups excluding carboxylic acids is 7. The number of amides is 4. The molecule has 1 fully saturated rings. The first-order valence-electron chi connectivity index (χ1n) is 23.9. The first-order chi connectivity index (χ1) is 35.4. The molecule has 74 heavy (non-hydrogen) atoms. The SMILES string of the molecule is COc1cccc2c1C(=O)c1c(O)c3c(c(O)c1C2=O)C[C@@](O)(C(=O)CO)C[C@@H]3OC1CC(NC(=O)OCc2ccc(NC(=O)[C@H](CCCCN)NC(=O)[C@H](C)NC(=O)OCc3ccccc3)cc2)C(O)C(C)O1. The molecule has 4 amide bonds. The van der Waals surface area contributed by atoms with Crippen LogP contribution in [0.5, 0.6) is 17.2 Å². The maximum Gasteiger partial charge on any atom is 0.408 e. The minimum Gasteiger partial charge on any atom is -0.507 e. The number of nitrogens with two attached hydrogens (primary N) is 1. The van der Waals surface area contributed by atoms with Gasteiger partial charge in [0.1, 0.15) is 60.9 Å². The van der Waals surface area contributed by atoms with Crippen LogP contribution in [-0.4, -0.2) is 129 Å². The zero-order valence-corrected chi connectivity index (χ0v) is 40.8. The highest BCUT2D eigenvalue weighted by Crippen LogP contribution is 2.52. The largest absolute Gasteiger partial charge is 0.507 e. The average molecular weight is 1030 g/mol. The van der Waals surface area contributed by atoms with Crippen molar-refractivity contribution in [1.29, 1.82) is 0 Å². The van der Waals surface area contributed by atoms with Gasteiger partial charge >= 0.3 is 12.2 Å². The molecule has 0 bridgehead atoms. The van der Waals surface area contributed by atoms with Gasteiger partial charge in [-0.15, -0.1) is 0 Å². The fourth-order valence-corrected chi connectivity index (χ4v) is 9.18. The summed E-state index contributed by atoms with van der Waals surface area (Å²) in [5.41, 5.74) is 2.95. The lowest BCUT2D eigenvalue weighted by molar-refractivity contribution is -0.249. The Balaban J connectivity index is 0.975. The van der Waals surface area contributed by atoms with Crippen molar-refractivity contribution in [3.8, 4) is 17.2 Å². The van der Waals surface area contributed by atoms with Gasteiger partial charge in [-0.05, 0) is 69.0 Å². The molecule has 8 atom stereocenters. The lowest BCUT2D eigenvalue weighted by Gasteiger charge is -2.42. The molecule has 7 rings (SSSR count). The first kappa shape index (κ1) is 54.3. The summed E-state index contributed by atoms with van der Waals surface area (Å²) in [7, 11) is 1.29. The van der Waals surface area contributed by atoms with E-state index in [2.05, 4.69) is 21.3 Å². The molecular weight excluding hydrogens is 967 g/mol. The molecule has 1 aliphatic heterocycles. The number of hydrogen-bond donors (Lipinski definition) is 10. The van der Waals surface area contributed by atoms with E-state index < -0.39 is 132 Å². The second kappa shape index (κ2) is 23.6. The first-order valence-corrected chi connectivity index (χ1v) is 23.9. The number of aliphatic hydroxyl groups excluding tert-OH is 2. The summed E-state index contributed by atoms with van der Waals surface area (Å²) in [6.07, 6.45) is -7.17. The zero-order chi connectivity index (χ0) is 53.4. The normalized spacial score (nSPS) is 21.6. The van der Waals surface area contributed by atoms with Crippen molar-refractivity contribution in [2.45, 2.75) is 114 Å². The summed E-state index contributed by atoms with van der Waals surface area (Å²) in [5.74, 6) is -5.43. The van der Waals surface area contributed by atoms with E-state index in [1.807, 2.05) is 6.07 Å². The van der Waals surface area contributed by atoms with Gasteiger partial charge in [-0.2, -0.15) is 0 Å². The summed E-state index contributed by atoms with van der Waals surface area (Å²) in [6, 6.07) is 16.4. The predicted octanol–water partition coefficient (Wildman–Crippen LogP) is 2.84. The molecular formula is C52H59N5O17. The summed E-state index contributed by atoms with van der Waals surface area (Å²) >= 11 is 0. The number of phenolic OH excluding ortho intramolecular Hbond substituents is 2. The standard InChI is InChI=1S/C52H59N5O17/c1-26(54-50(67)71-24-28-10-5-4-6-11-28)48(65)56-33(13-7-8-19-53)49(66)55-30-17-15-29(16-18-30)25-72-51(68)57-34-20-38(73-27(2)43(34)60)74-36-22-52(69,37(59)23-58)21-32-40(36)47(64)42-41(45(32)62)44(61)31-12-9-14-35(70-3)39(31)46(42)63/h4-6,9-12,14-18,26-27,33-34,36,38,43,58,60,62,64,69H,7-8,13,19-25,53H2,1-3H3,(H,54,67)(H,55,66)(H,56,65)(H,57,68)/t26-,27?,33-,34?,36-,38?,43?,52-/m0/s1. The topological polar surface area (TPSA) is 341 Å². The molecule has 1 saturated heterocycles. The Morgan fingerprint density at radius 2 is 1.51 bits per heavy atom. The van der Waals surface area contributed by atoms with E-state index in [4.69, 9.17) is 29.4 Å². The zero-order valence-electron chi connectivity index (χ0n) is 40.8. The number of Topliss-reactive ketones (excluding diaryl/α,β-unsaturated/α-hetero) is 1. The van der Waals surface area contributed by atoms with Crippen LogP contribution < -0.4 is 31.7 Å². The van der Waals surface area contributed by atoms with Crippen molar-refractivity contribution in [2.75, 3.05) is 25.6 Å². The van der Waals surface area contributed by atoms with Gasteiger partial charge in [0, 0.05) is 41.6 Å². The number of benzene rings is 4. The van der Waals surface area contributed by atoms with E-state index in [0.29, 0.717) is 30.6 Å². The van der Waals surface area contributed by atoms with E-state index in [-0.39, 0.29) is 54.1 Å². The average Bonchev–Trinajstić information content (AvgIpc) is 3.38. The van der Waals surface area contributed by atoms with Gasteiger partial charge in [0.2, 0.25) is 17.6 Å². The number of nitrogens with one attached hydrogen (secondary N) is 4. The van der Waals surface area contributed by atoms with E-state index in [9.17, 15) is 59.1 Å². The maximum absolute atomic E-state index is 14.0. The van der Waals surface area contributed by atoms with Crippen molar-refractivity contribution in [3.63, 3.8) is 0 Å². The summed E-state index contributed by atoms with van der Waals surface area (Å²) in [6.45, 7) is 1.94. The molecule has 4 aromatic carbocycles. The molecule has 0 saturated carbocycles. The van der Waals surface area contributed by atoms with Crippen LogP contribution in [-0.2, 0) is 53.0 Å². The second-order valence-corrected chi connectivity index (χ2v) is 18.3. The van der Waals surface area contributed by atoms with E-state index in [1.54, 1.807) is 48.5 Å². The number of anilines is 1. The quantitative estimate of drug-likeness (QED) is 0.0420. The van der Waals surface area contributed by atoms with Crippen LogP contribution in [0.4, 0.5) is 15.3 Å². The molecule has 0 aromatic heterocycles. The minimum absolute atomic E-state index is 0.00197. The van der Waals surface area contributed by atoms with E-state index in [1.165, 1.54) is 39.2 Å².